The van der Waals surface area contributed by atoms with Gasteiger partial charge in [0.1, 0.15) is 5.82 Å². The number of anilines is 1. The highest BCUT2D eigenvalue weighted by atomic mass is 19.4. The number of carboxylic acid groups (broad SMARTS) is 2. The Morgan fingerprint density at radius 3 is 2.00 bits per heavy atom. The van der Waals surface area contributed by atoms with Crippen LogP contribution >= 0.6 is 0 Å². The number of amides is 2. The third-order valence-electron chi connectivity index (χ3n) is 5.90. The van der Waals surface area contributed by atoms with Crippen LogP contribution in [0.15, 0.2) is 72.9 Å². The van der Waals surface area contributed by atoms with Crippen molar-refractivity contribution in [2.75, 3.05) is 18.4 Å². The van der Waals surface area contributed by atoms with Crippen LogP contribution in [-0.2, 0) is 19.2 Å². The standard InChI is InChI=1S/C28H32N4O4.C2HF3O2/c1-20-8-10-21(11-9-20)22-12-14-23(15-13-22)24(18-28(35)36)32-27(34)19-31-26(33)7-3-5-17-30-25-6-2-4-16-29-25;3-2(4,5)1(6)7/h2,4,6,8-16,24H,3,5,7,17-19H2,1H3,(H,29,30)(H,31,33)(H,32,34)(H,35,36);(H,6,7). The Balaban J connectivity index is 0.000000821. The molecule has 5 N–H and O–H groups in total. The van der Waals surface area contributed by atoms with E-state index < -0.39 is 30.1 Å². The SMILES string of the molecule is Cc1ccc(-c2ccc(C(CC(=O)O)NC(=O)CNC(=O)CCCCNc3ccccn3)cc2)cc1.O=C(O)C(F)(F)F. The maximum Gasteiger partial charge on any atom is 0.490 e. The molecule has 13 heteroatoms. The zero-order chi connectivity index (χ0) is 31.8. The lowest BCUT2D eigenvalue weighted by Crippen LogP contribution is -2.39. The van der Waals surface area contributed by atoms with Crippen LogP contribution in [0.2, 0.25) is 0 Å². The first-order valence-electron chi connectivity index (χ1n) is 13.2. The number of halogens is 3. The van der Waals surface area contributed by atoms with E-state index in [1.807, 2.05) is 73.7 Å². The molecule has 0 aliphatic carbocycles. The number of pyridine rings is 1. The van der Waals surface area contributed by atoms with Crippen molar-refractivity contribution in [1.29, 1.82) is 0 Å². The Morgan fingerprint density at radius 2 is 1.47 bits per heavy atom. The molecular weight excluding hydrogens is 569 g/mol. The number of alkyl halides is 3. The minimum Gasteiger partial charge on any atom is -0.481 e. The molecule has 0 aliphatic rings. The summed E-state index contributed by atoms with van der Waals surface area (Å²) in [5.74, 6) is -3.65. The first-order chi connectivity index (χ1) is 20.3. The molecule has 3 aromatic rings. The van der Waals surface area contributed by atoms with Gasteiger partial charge in [-0.3, -0.25) is 14.4 Å². The quantitative estimate of drug-likeness (QED) is 0.176. The molecule has 0 spiro atoms. The van der Waals surface area contributed by atoms with Crippen molar-refractivity contribution in [3.05, 3.63) is 84.1 Å². The highest BCUT2D eigenvalue weighted by Crippen LogP contribution is 2.24. The molecule has 2 amide bonds. The molecule has 1 heterocycles. The number of rotatable bonds is 13. The minimum atomic E-state index is -5.08. The molecular formula is C30H33F3N4O6. The number of aromatic nitrogens is 1. The number of carbonyl (C=O) groups is 4. The number of carbonyl (C=O) groups excluding carboxylic acids is 2. The van der Waals surface area contributed by atoms with Crippen molar-refractivity contribution in [2.24, 2.45) is 0 Å². The number of aliphatic carboxylic acids is 2. The van der Waals surface area contributed by atoms with Gasteiger partial charge in [0.05, 0.1) is 19.0 Å². The van der Waals surface area contributed by atoms with Gasteiger partial charge in [-0.15, -0.1) is 0 Å². The van der Waals surface area contributed by atoms with Gasteiger partial charge in [0, 0.05) is 19.2 Å². The molecule has 1 aromatic heterocycles. The van der Waals surface area contributed by atoms with Crippen LogP contribution in [0.1, 0.15) is 42.9 Å². The highest BCUT2D eigenvalue weighted by molar-refractivity contribution is 5.85. The number of nitrogens with zero attached hydrogens (tertiary/aromatic N) is 1. The highest BCUT2D eigenvalue weighted by Gasteiger charge is 2.38. The van der Waals surface area contributed by atoms with Crippen molar-refractivity contribution in [1.82, 2.24) is 15.6 Å². The largest absolute Gasteiger partial charge is 0.490 e. The van der Waals surface area contributed by atoms with Gasteiger partial charge in [0.2, 0.25) is 11.8 Å². The summed E-state index contributed by atoms with van der Waals surface area (Å²) in [6.07, 6.45) is -1.87. The second-order valence-electron chi connectivity index (χ2n) is 9.38. The number of hydrogen-bond acceptors (Lipinski definition) is 6. The normalized spacial score (nSPS) is 11.3. The van der Waals surface area contributed by atoms with E-state index >= 15 is 0 Å². The van der Waals surface area contributed by atoms with E-state index in [1.165, 1.54) is 5.56 Å². The van der Waals surface area contributed by atoms with Gasteiger partial charge in [-0.25, -0.2) is 9.78 Å². The third kappa shape index (κ3) is 13.5. The van der Waals surface area contributed by atoms with Crippen LogP contribution in [0.3, 0.4) is 0 Å². The van der Waals surface area contributed by atoms with Crippen LogP contribution < -0.4 is 16.0 Å². The average Bonchev–Trinajstić information content (AvgIpc) is 2.96. The maximum absolute atomic E-state index is 12.4. The van der Waals surface area contributed by atoms with E-state index in [2.05, 4.69) is 20.9 Å². The molecule has 0 bridgehead atoms. The Hall–Kier alpha value is -4.94. The summed E-state index contributed by atoms with van der Waals surface area (Å²) < 4.78 is 31.7. The topological polar surface area (TPSA) is 158 Å². The first-order valence-corrected chi connectivity index (χ1v) is 13.2. The zero-order valence-electron chi connectivity index (χ0n) is 23.4. The minimum absolute atomic E-state index is 0.206. The first kappa shape index (κ1) is 34.3. The van der Waals surface area contributed by atoms with Crippen molar-refractivity contribution in [3.8, 4) is 11.1 Å². The second kappa shape index (κ2) is 17.1. The number of benzene rings is 2. The van der Waals surface area contributed by atoms with Crippen LogP contribution in [0.5, 0.6) is 0 Å². The van der Waals surface area contributed by atoms with Crippen molar-refractivity contribution in [3.63, 3.8) is 0 Å². The Kier molecular flexibility index (Phi) is 13.6. The number of nitrogens with one attached hydrogen (secondary N) is 3. The lowest BCUT2D eigenvalue weighted by molar-refractivity contribution is -0.192. The summed E-state index contributed by atoms with van der Waals surface area (Å²) >= 11 is 0. The molecule has 0 saturated heterocycles. The van der Waals surface area contributed by atoms with Crippen LogP contribution in [0.4, 0.5) is 19.0 Å². The molecule has 0 radical (unpaired) electrons. The van der Waals surface area contributed by atoms with Crippen LogP contribution in [0, 0.1) is 6.92 Å². The fourth-order valence-corrected chi connectivity index (χ4v) is 3.69. The van der Waals surface area contributed by atoms with Gasteiger partial charge >= 0.3 is 18.1 Å². The third-order valence-corrected chi connectivity index (χ3v) is 5.90. The smallest absolute Gasteiger partial charge is 0.481 e. The Bertz CT molecular complexity index is 1330. The lowest BCUT2D eigenvalue weighted by atomic mass is 9.98. The molecule has 230 valence electrons. The summed E-state index contributed by atoms with van der Waals surface area (Å²) in [6, 6.07) is 20.5. The summed E-state index contributed by atoms with van der Waals surface area (Å²) in [5, 5.41) is 25.0. The van der Waals surface area contributed by atoms with Crippen LogP contribution in [0.25, 0.3) is 11.1 Å². The summed E-state index contributed by atoms with van der Waals surface area (Å²) in [7, 11) is 0. The average molecular weight is 603 g/mol. The summed E-state index contributed by atoms with van der Waals surface area (Å²) in [5.41, 5.74) is 3.92. The maximum atomic E-state index is 12.4. The van der Waals surface area contributed by atoms with Gasteiger partial charge in [-0.1, -0.05) is 60.2 Å². The molecule has 10 nitrogen and oxygen atoms in total. The predicted molar refractivity (Wildman–Crippen MR) is 153 cm³/mol. The number of carboxylic acids is 2. The molecule has 1 unspecified atom stereocenters. The van der Waals surface area contributed by atoms with E-state index in [0.29, 0.717) is 24.9 Å². The van der Waals surface area contributed by atoms with Gasteiger partial charge in [0.25, 0.3) is 0 Å². The molecule has 0 aliphatic heterocycles. The van der Waals surface area contributed by atoms with E-state index in [1.54, 1.807) is 6.20 Å². The predicted octanol–water partition coefficient (Wildman–Crippen LogP) is 4.72. The number of unbranched alkanes of at least 4 members (excludes halogenated alkanes) is 1. The Labute approximate surface area is 246 Å². The van der Waals surface area contributed by atoms with Crippen LogP contribution in [-0.4, -0.2) is 58.2 Å². The van der Waals surface area contributed by atoms with Crippen molar-refractivity contribution >= 4 is 29.6 Å². The van der Waals surface area contributed by atoms with Gasteiger partial charge in [0.15, 0.2) is 0 Å². The summed E-state index contributed by atoms with van der Waals surface area (Å²) in [4.78, 5) is 49.0. The molecule has 0 saturated carbocycles. The summed E-state index contributed by atoms with van der Waals surface area (Å²) in [6.45, 7) is 2.52. The molecule has 43 heavy (non-hydrogen) atoms. The fraction of sp³-hybridized carbons (Fsp3) is 0.300. The van der Waals surface area contributed by atoms with Gasteiger partial charge in [-0.2, -0.15) is 13.2 Å². The van der Waals surface area contributed by atoms with E-state index in [4.69, 9.17) is 9.90 Å². The fourth-order valence-electron chi connectivity index (χ4n) is 3.69. The van der Waals surface area contributed by atoms with Gasteiger partial charge in [-0.05, 0) is 48.6 Å². The lowest BCUT2D eigenvalue weighted by Gasteiger charge is -2.18. The molecule has 3 rings (SSSR count). The monoisotopic (exact) mass is 602 g/mol. The zero-order valence-corrected chi connectivity index (χ0v) is 23.4. The molecule has 2 aromatic carbocycles. The van der Waals surface area contributed by atoms with E-state index in [9.17, 15) is 32.7 Å². The Morgan fingerprint density at radius 1 is 0.860 bits per heavy atom. The van der Waals surface area contributed by atoms with Gasteiger partial charge < -0.3 is 26.2 Å². The number of hydrogen-bond donors (Lipinski definition) is 5. The van der Waals surface area contributed by atoms with Crippen molar-refractivity contribution < 1.29 is 42.6 Å². The second-order valence-corrected chi connectivity index (χ2v) is 9.38. The van der Waals surface area contributed by atoms with E-state index in [-0.39, 0.29) is 18.9 Å². The number of aryl methyl sites for hydroxylation is 1. The van der Waals surface area contributed by atoms with Crippen molar-refractivity contribution in [2.45, 2.75) is 44.8 Å². The molecule has 0 fully saturated rings. The molecule has 1 atom stereocenters. The van der Waals surface area contributed by atoms with E-state index in [0.717, 1.165) is 23.4 Å².